The van der Waals surface area contributed by atoms with Gasteiger partial charge in [-0.2, -0.15) is 0 Å². The molecule has 2 aromatic heterocycles. The molecule has 0 spiro atoms. The van der Waals surface area contributed by atoms with Crippen molar-refractivity contribution < 1.29 is 0 Å². The molecular formula is C9H9N3S. The van der Waals surface area contributed by atoms with Gasteiger partial charge in [-0.3, -0.25) is 0 Å². The van der Waals surface area contributed by atoms with Gasteiger partial charge in [0, 0.05) is 6.42 Å². The largest absolute Gasteiger partial charge is 0.240 e. The van der Waals surface area contributed by atoms with Crippen molar-refractivity contribution in [2.75, 3.05) is 0 Å². The van der Waals surface area contributed by atoms with E-state index in [0.717, 1.165) is 28.5 Å². The number of fused-ring (bicyclic) bond motifs is 1. The van der Waals surface area contributed by atoms with Crippen LogP contribution in [0.5, 0.6) is 0 Å². The molecule has 2 aromatic rings. The fourth-order valence-electron chi connectivity index (χ4n) is 1.38. The number of rotatable bonds is 2. The van der Waals surface area contributed by atoms with Crippen molar-refractivity contribution in [1.82, 2.24) is 15.0 Å². The minimum absolute atomic E-state index is 0.844. The zero-order valence-corrected chi connectivity index (χ0v) is 7.92. The molecule has 0 bridgehead atoms. The average molecular weight is 191 g/mol. The van der Waals surface area contributed by atoms with Crippen LogP contribution in [0.2, 0.25) is 0 Å². The van der Waals surface area contributed by atoms with Gasteiger partial charge in [0.25, 0.3) is 0 Å². The SMILES string of the molecule is c1nc2nc(CC3CC3)ncc2s1. The fraction of sp³-hybridized carbons (Fsp3) is 0.444. The van der Waals surface area contributed by atoms with Crippen LogP contribution in [0, 0.1) is 5.92 Å². The first kappa shape index (κ1) is 7.38. The lowest BCUT2D eigenvalue weighted by atomic mass is 10.3. The van der Waals surface area contributed by atoms with Crippen LogP contribution in [-0.2, 0) is 6.42 Å². The first-order valence-electron chi connectivity index (χ1n) is 4.47. The predicted octanol–water partition coefficient (Wildman–Crippen LogP) is 2.04. The number of hydrogen-bond acceptors (Lipinski definition) is 4. The first-order valence-corrected chi connectivity index (χ1v) is 5.35. The van der Waals surface area contributed by atoms with Gasteiger partial charge in [-0.15, -0.1) is 11.3 Å². The van der Waals surface area contributed by atoms with Crippen molar-refractivity contribution in [3.05, 3.63) is 17.5 Å². The third-order valence-electron chi connectivity index (χ3n) is 2.31. The van der Waals surface area contributed by atoms with Crippen LogP contribution in [0.4, 0.5) is 0 Å². The Hall–Kier alpha value is -1.03. The summed E-state index contributed by atoms with van der Waals surface area (Å²) in [6.45, 7) is 0. The summed E-state index contributed by atoms with van der Waals surface area (Å²) < 4.78 is 1.08. The minimum atomic E-state index is 0.844. The second kappa shape index (κ2) is 2.73. The molecule has 0 aromatic carbocycles. The van der Waals surface area contributed by atoms with Crippen LogP contribution in [0.15, 0.2) is 11.7 Å². The lowest BCUT2D eigenvalue weighted by Crippen LogP contribution is -1.95. The number of aromatic nitrogens is 3. The summed E-state index contributed by atoms with van der Waals surface area (Å²) in [6, 6.07) is 0. The lowest BCUT2D eigenvalue weighted by molar-refractivity contribution is 0.775. The van der Waals surface area contributed by atoms with E-state index in [-0.39, 0.29) is 0 Å². The third kappa shape index (κ3) is 1.42. The van der Waals surface area contributed by atoms with Crippen LogP contribution >= 0.6 is 11.3 Å². The minimum Gasteiger partial charge on any atom is -0.240 e. The number of nitrogens with zero attached hydrogens (tertiary/aromatic N) is 3. The smallest absolute Gasteiger partial charge is 0.173 e. The Bertz CT molecular complexity index is 433. The van der Waals surface area contributed by atoms with Crippen molar-refractivity contribution in [2.45, 2.75) is 19.3 Å². The standard InChI is InChI=1S/C9H9N3S/c1-2-6(1)3-8-10-4-7-9(12-8)11-5-13-7/h4-6H,1-3H2. The average Bonchev–Trinajstić information content (AvgIpc) is 2.83. The fourth-order valence-corrected chi connectivity index (χ4v) is 1.97. The van der Waals surface area contributed by atoms with Gasteiger partial charge in [-0.25, -0.2) is 15.0 Å². The molecule has 0 atom stereocenters. The van der Waals surface area contributed by atoms with Crippen molar-refractivity contribution in [3.8, 4) is 0 Å². The van der Waals surface area contributed by atoms with E-state index in [1.807, 2.05) is 11.7 Å². The van der Waals surface area contributed by atoms with Crippen LogP contribution < -0.4 is 0 Å². The summed E-state index contributed by atoms with van der Waals surface area (Å²) in [4.78, 5) is 12.9. The highest BCUT2D eigenvalue weighted by molar-refractivity contribution is 7.16. The maximum Gasteiger partial charge on any atom is 0.173 e. The second-order valence-electron chi connectivity index (χ2n) is 3.47. The van der Waals surface area contributed by atoms with Crippen molar-refractivity contribution >= 4 is 21.7 Å². The molecule has 0 amide bonds. The maximum atomic E-state index is 4.40. The monoisotopic (exact) mass is 191 g/mol. The molecule has 66 valence electrons. The molecule has 1 fully saturated rings. The van der Waals surface area contributed by atoms with Gasteiger partial charge in [0.2, 0.25) is 0 Å². The quantitative estimate of drug-likeness (QED) is 0.729. The van der Waals surface area contributed by atoms with Gasteiger partial charge in [-0.1, -0.05) is 0 Å². The van der Waals surface area contributed by atoms with Gasteiger partial charge in [0.05, 0.1) is 16.4 Å². The Labute approximate surface area is 79.9 Å². The van der Waals surface area contributed by atoms with Crippen molar-refractivity contribution in [3.63, 3.8) is 0 Å². The van der Waals surface area contributed by atoms with E-state index in [2.05, 4.69) is 15.0 Å². The molecule has 4 heteroatoms. The summed E-state index contributed by atoms with van der Waals surface area (Å²) >= 11 is 1.59. The summed E-state index contributed by atoms with van der Waals surface area (Å²) in [5.74, 6) is 1.80. The topological polar surface area (TPSA) is 38.7 Å². The Morgan fingerprint density at radius 2 is 2.31 bits per heavy atom. The van der Waals surface area contributed by atoms with Gasteiger partial charge >= 0.3 is 0 Å². The first-order chi connectivity index (χ1) is 6.42. The molecule has 0 unspecified atom stereocenters. The summed E-state index contributed by atoms with van der Waals surface area (Å²) in [5.41, 5.74) is 2.68. The van der Waals surface area contributed by atoms with Gasteiger partial charge in [0.1, 0.15) is 5.82 Å². The van der Waals surface area contributed by atoms with Gasteiger partial charge in [0.15, 0.2) is 5.65 Å². The highest BCUT2D eigenvalue weighted by atomic mass is 32.1. The zero-order valence-electron chi connectivity index (χ0n) is 7.10. The Morgan fingerprint density at radius 3 is 3.15 bits per heavy atom. The molecule has 2 heterocycles. The third-order valence-corrected chi connectivity index (χ3v) is 3.06. The molecule has 1 saturated carbocycles. The Morgan fingerprint density at radius 1 is 1.38 bits per heavy atom. The van der Waals surface area contributed by atoms with Gasteiger partial charge in [-0.05, 0) is 18.8 Å². The van der Waals surface area contributed by atoms with Crippen LogP contribution in [0.25, 0.3) is 10.3 Å². The lowest BCUT2D eigenvalue weighted by Gasteiger charge is -1.95. The van der Waals surface area contributed by atoms with E-state index in [1.165, 1.54) is 12.8 Å². The molecule has 3 nitrogen and oxygen atoms in total. The molecule has 0 saturated heterocycles. The van der Waals surface area contributed by atoms with E-state index in [9.17, 15) is 0 Å². The molecule has 1 aliphatic carbocycles. The molecule has 0 aliphatic heterocycles. The molecule has 13 heavy (non-hydrogen) atoms. The van der Waals surface area contributed by atoms with Crippen LogP contribution in [0.3, 0.4) is 0 Å². The van der Waals surface area contributed by atoms with E-state index in [4.69, 9.17) is 0 Å². The molecule has 1 aliphatic rings. The summed E-state index contributed by atoms with van der Waals surface area (Å²) in [6.07, 6.45) is 5.61. The Balaban J connectivity index is 1.99. The normalized spacial score (nSPS) is 16.6. The Kier molecular flexibility index (Phi) is 1.55. The highest BCUT2D eigenvalue weighted by Gasteiger charge is 2.22. The van der Waals surface area contributed by atoms with Gasteiger partial charge < -0.3 is 0 Å². The van der Waals surface area contributed by atoms with E-state index < -0.39 is 0 Å². The highest BCUT2D eigenvalue weighted by Crippen LogP contribution is 2.31. The van der Waals surface area contributed by atoms with Crippen molar-refractivity contribution in [2.24, 2.45) is 5.92 Å². The zero-order chi connectivity index (χ0) is 8.67. The molecule has 0 N–H and O–H groups in total. The van der Waals surface area contributed by atoms with Crippen LogP contribution in [-0.4, -0.2) is 15.0 Å². The molecular weight excluding hydrogens is 182 g/mol. The molecule has 3 rings (SSSR count). The summed E-state index contributed by atoms with van der Waals surface area (Å²) in [5, 5.41) is 0. The van der Waals surface area contributed by atoms with E-state index >= 15 is 0 Å². The van der Waals surface area contributed by atoms with Crippen LogP contribution in [0.1, 0.15) is 18.7 Å². The maximum absolute atomic E-state index is 4.40. The number of thiazole rings is 1. The van der Waals surface area contributed by atoms with E-state index in [1.54, 1.807) is 11.3 Å². The second-order valence-corrected chi connectivity index (χ2v) is 4.36. The predicted molar refractivity (Wildman–Crippen MR) is 51.6 cm³/mol. The number of hydrogen-bond donors (Lipinski definition) is 0. The van der Waals surface area contributed by atoms with E-state index in [0.29, 0.717) is 0 Å². The molecule has 0 radical (unpaired) electrons. The summed E-state index contributed by atoms with van der Waals surface area (Å²) in [7, 11) is 0. The van der Waals surface area contributed by atoms with Crippen molar-refractivity contribution in [1.29, 1.82) is 0 Å².